The van der Waals surface area contributed by atoms with Crippen LogP contribution in [0.15, 0.2) is 0 Å². The van der Waals surface area contributed by atoms with E-state index in [1.807, 2.05) is 0 Å². The van der Waals surface area contributed by atoms with Crippen molar-refractivity contribution in [1.82, 2.24) is 9.80 Å². The first-order chi connectivity index (χ1) is 6.11. The van der Waals surface area contributed by atoms with E-state index in [9.17, 15) is 0 Å². The third-order valence-electron chi connectivity index (χ3n) is 4.11. The van der Waals surface area contributed by atoms with Gasteiger partial charge in [-0.3, -0.25) is 0 Å². The van der Waals surface area contributed by atoms with E-state index >= 15 is 0 Å². The van der Waals surface area contributed by atoms with Crippen molar-refractivity contribution in [3.8, 4) is 0 Å². The van der Waals surface area contributed by atoms with Gasteiger partial charge in [-0.2, -0.15) is 0 Å². The highest BCUT2D eigenvalue weighted by atomic mass is 15.2. The molecule has 2 fully saturated rings. The van der Waals surface area contributed by atoms with Crippen LogP contribution in [0.2, 0.25) is 0 Å². The number of piperidine rings is 1. The summed E-state index contributed by atoms with van der Waals surface area (Å²) in [4.78, 5) is 5.00. The normalized spacial score (nSPS) is 35.8. The molecule has 0 saturated carbocycles. The van der Waals surface area contributed by atoms with E-state index in [0.29, 0.717) is 5.41 Å². The van der Waals surface area contributed by atoms with Crippen molar-refractivity contribution in [1.29, 1.82) is 0 Å². The Bertz CT molecular complexity index is 171. The Morgan fingerprint density at radius 1 is 1.15 bits per heavy atom. The van der Waals surface area contributed by atoms with Gasteiger partial charge in [-0.05, 0) is 58.8 Å². The second kappa shape index (κ2) is 3.25. The van der Waals surface area contributed by atoms with Crippen LogP contribution in [0, 0.1) is 5.41 Å². The van der Waals surface area contributed by atoms with E-state index in [4.69, 9.17) is 0 Å². The summed E-state index contributed by atoms with van der Waals surface area (Å²) in [5, 5.41) is 0. The Morgan fingerprint density at radius 2 is 1.77 bits per heavy atom. The van der Waals surface area contributed by atoms with Crippen LogP contribution in [0.25, 0.3) is 0 Å². The van der Waals surface area contributed by atoms with E-state index in [1.165, 1.54) is 38.9 Å². The van der Waals surface area contributed by atoms with Gasteiger partial charge in [0, 0.05) is 12.6 Å². The Kier molecular flexibility index (Phi) is 2.37. The molecule has 0 aromatic rings. The van der Waals surface area contributed by atoms with Crippen LogP contribution in [0.4, 0.5) is 0 Å². The number of likely N-dealkylation sites (tertiary alicyclic amines) is 2. The quantitative estimate of drug-likeness (QED) is 0.559. The maximum Gasteiger partial charge on any atom is 0.00698 e. The van der Waals surface area contributed by atoms with Crippen molar-refractivity contribution >= 4 is 0 Å². The predicted octanol–water partition coefficient (Wildman–Crippen LogP) is 1.42. The first-order valence-electron chi connectivity index (χ1n) is 5.50. The molecule has 0 bridgehead atoms. The molecule has 0 amide bonds. The Hall–Kier alpha value is -0.0800. The third-order valence-corrected chi connectivity index (χ3v) is 4.11. The van der Waals surface area contributed by atoms with E-state index in [0.717, 1.165) is 6.04 Å². The summed E-state index contributed by atoms with van der Waals surface area (Å²) in [5.74, 6) is 0. The average Bonchev–Trinajstić information content (AvgIpc) is 2.36. The predicted molar refractivity (Wildman–Crippen MR) is 55.9 cm³/mol. The molecule has 0 aliphatic carbocycles. The Labute approximate surface area is 81.9 Å². The van der Waals surface area contributed by atoms with Gasteiger partial charge in [0.25, 0.3) is 0 Å². The van der Waals surface area contributed by atoms with E-state index in [2.05, 4.69) is 30.8 Å². The standard InChI is InChI=1S/C11H22N2/c1-10-8-11(9-13(10)3)4-6-12(2)7-5-11/h10H,4-9H2,1-3H3/t10-/m1/s1. The lowest BCUT2D eigenvalue weighted by Gasteiger charge is -2.37. The molecule has 76 valence electrons. The molecule has 2 aliphatic rings. The summed E-state index contributed by atoms with van der Waals surface area (Å²) >= 11 is 0. The maximum atomic E-state index is 2.53. The molecule has 0 radical (unpaired) electrons. The van der Waals surface area contributed by atoms with Crippen molar-refractivity contribution < 1.29 is 0 Å². The summed E-state index contributed by atoms with van der Waals surface area (Å²) in [6.07, 6.45) is 4.26. The van der Waals surface area contributed by atoms with Crippen molar-refractivity contribution in [2.24, 2.45) is 5.41 Å². The monoisotopic (exact) mass is 182 g/mol. The molecular weight excluding hydrogens is 160 g/mol. The van der Waals surface area contributed by atoms with Gasteiger partial charge in [-0.15, -0.1) is 0 Å². The molecule has 2 nitrogen and oxygen atoms in total. The Morgan fingerprint density at radius 3 is 2.23 bits per heavy atom. The summed E-state index contributed by atoms with van der Waals surface area (Å²) < 4.78 is 0. The largest absolute Gasteiger partial charge is 0.306 e. The highest BCUT2D eigenvalue weighted by molar-refractivity contribution is 4.95. The second-order valence-corrected chi connectivity index (χ2v) is 5.27. The number of nitrogens with zero attached hydrogens (tertiary/aromatic N) is 2. The van der Waals surface area contributed by atoms with Crippen molar-refractivity contribution in [3.05, 3.63) is 0 Å². The number of rotatable bonds is 0. The molecule has 1 spiro atoms. The average molecular weight is 182 g/mol. The van der Waals surface area contributed by atoms with Crippen LogP contribution in [-0.2, 0) is 0 Å². The van der Waals surface area contributed by atoms with Crippen LogP contribution in [0.3, 0.4) is 0 Å². The first kappa shape index (κ1) is 9.47. The van der Waals surface area contributed by atoms with Gasteiger partial charge < -0.3 is 9.80 Å². The van der Waals surface area contributed by atoms with Gasteiger partial charge in [0.15, 0.2) is 0 Å². The fraction of sp³-hybridized carbons (Fsp3) is 1.00. The van der Waals surface area contributed by atoms with Gasteiger partial charge in [0.05, 0.1) is 0 Å². The van der Waals surface area contributed by atoms with E-state index < -0.39 is 0 Å². The van der Waals surface area contributed by atoms with Crippen LogP contribution in [0.1, 0.15) is 26.2 Å². The van der Waals surface area contributed by atoms with Gasteiger partial charge in [0.2, 0.25) is 0 Å². The van der Waals surface area contributed by atoms with Crippen molar-refractivity contribution in [2.45, 2.75) is 32.2 Å². The van der Waals surface area contributed by atoms with Gasteiger partial charge in [0.1, 0.15) is 0 Å². The molecule has 2 rings (SSSR count). The third kappa shape index (κ3) is 1.75. The zero-order valence-electron chi connectivity index (χ0n) is 9.21. The SMILES string of the molecule is C[C@@H]1CC2(CCN(C)CC2)CN1C. The minimum atomic E-state index is 0.681. The van der Waals surface area contributed by atoms with Crippen LogP contribution in [0.5, 0.6) is 0 Å². The summed E-state index contributed by atoms with van der Waals surface area (Å²) in [7, 11) is 4.52. The molecule has 2 heteroatoms. The topological polar surface area (TPSA) is 6.48 Å². The minimum Gasteiger partial charge on any atom is -0.306 e. The molecule has 13 heavy (non-hydrogen) atoms. The Balaban J connectivity index is 1.99. The molecular formula is C11H22N2. The van der Waals surface area contributed by atoms with E-state index in [-0.39, 0.29) is 0 Å². The van der Waals surface area contributed by atoms with Crippen molar-refractivity contribution in [3.63, 3.8) is 0 Å². The lowest BCUT2D eigenvalue weighted by molar-refractivity contribution is 0.130. The molecule has 0 unspecified atom stereocenters. The van der Waals surface area contributed by atoms with E-state index in [1.54, 1.807) is 0 Å². The highest BCUT2D eigenvalue weighted by Crippen LogP contribution is 2.42. The summed E-state index contributed by atoms with van der Waals surface area (Å²) in [5.41, 5.74) is 0.681. The molecule has 0 N–H and O–H groups in total. The first-order valence-corrected chi connectivity index (χ1v) is 5.50. The van der Waals surface area contributed by atoms with Gasteiger partial charge >= 0.3 is 0 Å². The maximum absolute atomic E-state index is 2.53. The summed E-state index contributed by atoms with van der Waals surface area (Å²) in [6, 6.07) is 0.809. The second-order valence-electron chi connectivity index (χ2n) is 5.27. The van der Waals surface area contributed by atoms with Crippen molar-refractivity contribution in [2.75, 3.05) is 33.7 Å². The molecule has 1 atom stereocenters. The van der Waals surface area contributed by atoms with Gasteiger partial charge in [-0.25, -0.2) is 0 Å². The number of hydrogen-bond donors (Lipinski definition) is 0. The molecule has 2 aliphatic heterocycles. The molecule has 0 aromatic heterocycles. The number of hydrogen-bond acceptors (Lipinski definition) is 2. The molecule has 0 aromatic carbocycles. The lowest BCUT2D eigenvalue weighted by Crippen LogP contribution is -2.39. The highest BCUT2D eigenvalue weighted by Gasteiger charge is 2.41. The van der Waals surface area contributed by atoms with Crippen LogP contribution in [-0.4, -0.2) is 49.6 Å². The summed E-state index contributed by atoms with van der Waals surface area (Å²) in [6.45, 7) is 6.32. The lowest BCUT2D eigenvalue weighted by atomic mass is 9.77. The van der Waals surface area contributed by atoms with Crippen LogP contribution >= 0.6 is 0 Å². The fourth-order valence-electron chi connectivity index (χ4n) is 2.99. The smallest absolute Gasteiger partial charge is 0.00698 e. The minimum absolute atomic E-state index is 0.681. The molecule has 2 saturated heterocycles. The fourth-order valence-corrected chi connectivity index (χ4v) is 2.99. The van der Waals surface area contributed by atoms with Crippen LogP contribution < -0.4 is 0 Å². The molecule has 2 heterocycles. The van der Waals surface area contributed by atoms with Gasteiger partial charge in [-0.1, -0.05) is 0 Å². The zero-order valence-corrected chi connectivity index (χ0v) is 9.21. The zero-order chi connectivity index (χ0) is 9.47.